The molecule has 0 spiro atoms. The van der Waals surface area contributed by atoms with Crippen LogP contribution in [0.2, 0.25) is 5.02 Å². The van der Waals surface area contributed by atoms with Gasteiger partial charge in [-0.3, -0.25) is 9.10 Å². The predicted octanol–water partition coefficient (Wildman–Crippen LogP) is 4.89. The highest BCUT2D eigenvalue weighted by Gasteiger charge is 2.27. The Morgan fingerprint density at radius 1 is 0.944 bits per heavy atom. The van der Waals surface area contributed by atoms with Crippen molar-refractivity contribution < 1.29 is 22.7 Å². The van der Waals surface area contributed by atoms with Crippen LogP contribution in [0.1, 0.15) is 0 Å². The van der Waals surface area contributed by atoms with E-state index in [1.54, 1.807) is 30.3 Å². The summed E-state index contributed by atoms with van der Waals surface area (Å²) < 4.78 is 38.9. The number of carbonyl (C=O) groups is 1. The van der Waals surface area contributed by atoms with Crippen molar-refractivity contribution in [2.75, 3.05) is 31.1 Å². The molecular formula is C27H25ClN2O5S. The van der Waals surface area contributed by atoms with Gasteiger partial charge in [0.2, 0.25) is 5.91 Å². The van der Waals surface area contributed by atoms with Gasteiger partial charge in [-0.25, -0.2) is 8.42 Å². The summed E-state index contributed by atoms with van der Waals surface area (Å²) >= 11 is 6.11. The maximum absolute atomic E-state index is 13.5. The van der Waals surface area contributed by atoms with Crippen LogP contribution in [0, 0.1) is 0 Å². The van der Waals surface area contributed by atoms with Crippen molar-refractivity contribution in [3.8, 4) is 11.5 Å². The highest BCUT2D eigenvalue weighted by Crippen LogP contribution is 2.27. The summed E-state index contributed by atoms with van der Waals surface area (Å²) in [6.45, 7) is -0.000854. The number of benzene rings is 4. The Morgan fingerprint density at radius 3 is 2.42 bits per heavy atom. The monoisotopic (exact) mass is 524 g/mol. The van der Waals surface area contributed by atoms with Crippen LogP contribution in [0.3, 0.4) is 0 Å². The zero-order valence-electron chi connectivity index (χ0n) is 19.6. The van der Waals surface area contributed by atoms with Crippen LogP contribution in [-0.2, 0) is 14.8 Å². The number of amides is 1. The first-order valence-corrected chi connectivity index (χ1v) is 13.0. The summed E-state index contributed by atoms with van der Waals surface area (Å²) in [7, 11) is -2.57. The van der Waals surface area contributed by atoms with E-state index in [9.17, 15) is 13.2 Å². The lowest BCUT2D eigenvalue weighted by molar-refractivity contribution is -0.119. The number of hydrogen-bond acceptors (Lipinski definition) is 5. The van der Waals surface area contributed by atoms with Crippen molar-refractivity contribution in [1.29, 1.82) is 0 Å². The zero-order valence-corrected chi connectivity index (χ0v) is 21.1. The number of halogens is 1. The third-order valence-corrected chi connectivity index (χ3v) is 7.49. The van der Waals surface area contributed by atoms with Gasteiger partial charge in [-0.15, -0.1) is 0 Å². The molecule has 36 heavy (non-hydrogen) atoms. The SMILES string of the molecule is COc1ccc(S(=O)(=O)N(CC(=O)NCCOc2cccc3ccccc23)c2cccc(Cl)c2)cc1. The molecule has 1 amide bonds. The Kier molecular flexibility index (Phi) is 7.97. The van der Waals surface area contributed by atoms with Crippen LogP contribution in [0.25, 0.3) is 10.8 Å². The summed E-state index contributed by atoms with van der Waals surface area (Å²) in [5.74, 6) is 0.755. The first-order chi connectivity index (χ1) is 17.4. The minimum atomic E-state index is -4.06. The number of sulfonamides is 1. The third kappa shape index (κ3) is 5.90. The van der Waals surface area contributed by atoms with Crippen LogP contribution in [0.15, 0.2) is 95.9 Å². The normalized spacial score (nSPS) is 11.2. The molecule has 0 aliphatic rings. The van der Waals surface area contributed by atoms with Crippen LogP contribution >= 0.6 is 11.6 Å². The van der Waals surface area contributed by atoms with Crippen molar-refractivity contribution in [3.63, 3.8) is 0 Å². The van der Waals surface area contributed by atoms with Crippen molar-refractivity contribution in [2.24, 2.45) is 0 Å². The van der Waals surface area contributed by atoms with Gasteiger partial charge in [0.15, 0.2) is 0 Å². The number of ether oxygens (including phenoxy) is 2. The van der Waals surface area contributed by atoms with E-state index in [1.165, 1.54) is 25.3 Å². The van der Waals surface area contributed by atoms with Crippen molar-refractivity contribution >= 4 is 44.0 Å². The average molecular weight is 525 g/mol. The van der Waals surface area contributed by atoms with E-state index in [4.69, 9.17) is 21.1 Å². The molecule has 186 valence electrons. The van der Waals surface area contributed by atoms with Gasteiger partial charge >= 0.3 is 0 Å². The summed E-state index contributed by atoms with van der Waals surface area (Å²) in [6, 6.07) is 25.9. The fraction of sp³-hybridized carbons (Fsp3) is 0.148. The lowest BCUT2D eigenvalue weighted by Gasteiger charge is -2.24. The van der Waals surface area contributed by atoms with E-state index in [-0.39, 0.29) is 23.7 Å². The maximum atomic E-state index is 13.5. The third-order valence-electron chi connectivity index (χ3n) is 5.46. The first-order valence-electron chi connectivity index (χ1n) is 11.2. The zero-order chi connectivity index (χ0) is 25.5. The first kappa shape index (κ1) is 25.3. The topological polar surface area (TPSA) is 84.9 Å². The van der Waals surface area contributed by atoms with E-state index in [0.29, 0.717) is 16.5 Å². The molecule has 0 bridgehead atoms. The van der Waals surface area contributed by atoms with Gasteiger partial charge in [0.05, 0.1) is 24.2 Å². The van der Waals surface area contributed by atoms with Gasteiger partial charge in [0.1, 0.15) is 24.7 Å². The lowest BCUT2D eigenvalue weighted by Crippen LogP contribution is -2.41. The number of methoxy groups -OCH3 is 1. The van der Waals surface area contributed by atoms with E-state index in [0.717, 1.165) is 15.1 Å². The van der Waals surface area contributed by atoms with E-state index >= 15 is 0 Å². The predicted molar refractivity (Wildman–Crippen MR) is 141 cm³/mol. The summed E-state index contributed by atoms with van der Waals surface area (Å²) in [5.41, 5.74) is 0.278. The van der Waals surface area contributed by atoms with Gasteiger partial charge in [-0.05, 0) is 53.9 Å². The molecule has 4 aromatic rings. The summed E-state index contributed by atoms with van der Waals surface area (Å²) in [4.78, 5) is 12.8. The Morgan fingerprint density at radius 2 is 1.67 bits per heavy atom. The number of fused-ring (bicyclic) bond motifs is 1. The molecule has 9 heteroatoms. The Balaban J connectivity index is 1.45. The van der Waals surface area contributed by atoms with Crippen LogP contribution < -0.4 is 19.1 Å². The van der Waals surface area contributed by atoms with Gasteiger partial charge in [-0.2, -0.15) is 0 Å². The minimum Gasteiger partial charge on any atom is -0.497 e. The second-order valence-electron chi connectivity index (χ2n) is 7.84. The second-order valence-corrected chi connectivity index (χ2v) is 10.1. The van der Waals surface area contributed by atoms with Crippen LogP contribution in [0.5, 0.6) is 11.5 Å². The molecule has 4 aromatic carbocycles. The van der Waals surface area contributed by atoms with Crippen molar-refractivity contribution in [3.05, 3.63) is 96.0 Å². The lowest BCUT2D eigenvalue weighted by atomic mass is 10.1. The maximum Gasteiger partial charge on any atom is 0.264 e. The fourth-order valence-electron chi connectivity index (χ4n) is 3.68. The molecule has 0 aliphatic carbocycles. The Labute approximate surface area is 215 Å². The number of rotatable bonds is 10. The smallest absolute Gasteiger partial charge is 0.264 e. The van der Waals surface area contributed by atoms with E-state index < -0.39 is 22.5 Å². The van der Waals surface area contributed by atoms with Gasteiger partial charge in [-0.1, -0.05) is 54.1 Å². The largest absolute Gasteiger partial charge is 0.497 e. The molecule has 7 nitrogen and oxygen atoms in total. The average Bonchev–Trinajstić information content (AvgIpc) is 2.89. The molecule has 0 saturated carbocycles. The highest BCUT2D eigenvalue weighted by atomic mass is 35.5. The second kappa shape index (κ2) is 11.3. The number of hydrogen-bond donors (Lipinski definition) is 1. The Hall–Kier alpha value is -3.75. The molecule has 1 N–H and O–H groups in total. The Bertz CT molecular complexity index is 1450. The number of carbonyl (C=O) groups excluding carboxylic acids is 1. The molecule has 0 atom stereocenters. The van der Waals surface area contributed by atoms with Crippen LogP contribution in [0.4, 0.5) is 5.69 Å². The standard InChI is InChI=1S/C27H25ClN2O5S/c1-34-23-12-14-24(15-13-23)36(32,33)30(22-9-5-8-21(28)18-22)19-27(31)29-16-17-35-26-11-4-7-20-6-2-3-10-25(20)26/h2-15,18H,16-17,19H2,1H3,(H,29,31). The summed E-state index contributed by atoms with van der Waals surface area (Å²) in [5, 5.41) is 5.12. The van der Waals surface area contributed by atoms with Gasteiger partial charge in [0.25, 0.3) is 10.0 Å². The van der Waals surface area contributed by atoms with E-state index in [2.05, 4.69) is 5.32 Å². The van der Waals surface area contributed by atoms with Gasteiger partial charge < -0.3 is 14.8 Å². The molecule has 0 unspecified atom stereocenters. The summed E-state index contributed by atoms with van der Waals surface area (Å²) in [6.07, 6.45) is 0. The molecule has 0 aromatic heterocycles. The minimum absolute atomic E-state index is 0.0235. The number of anilines is 1. The molecule has 0 saturated heterocycles. The number of nitrogens with zero attached hydrogens (tertiary/aromatic N) is 1. The highest BCUT2D eigenvalue weighted by molar-refractivity contribution is 7.92. The fourth-order valence-corrected chi connectivity index (χ4v) is 5.28. The molecular weight excluding hydrogens is 500 g/mol. The molecule has 0 heterocycles. The molecule has 4 rings (SSSR count). The molecule has 0 aliphatic heterocycles. The number of nitrogens with one attached hydrogen (secondary N) is 1. The quantitative estimate of drug-likeness (QED) is 0.298. The van der Waals surface area contributed by atoms with Crippen molar-refractivity contribution in [1.82, 2.24) is 5.32 Å². The van der Waals surface area contributed by atoms with Gasteiger partial charge in [0, 0.05) is 10.4 Å². The molecule has 0 fully saturated rings. The van der Waals surface area contributed by atoms with Crippen LogP contribution in [-0.4, -0.2) is 41.1 Å². The van der Waals surface area contributed by atoms with Crippen molar-refractivity contribution in [2.45, 2.75) is 4.90 Å². The molecule has 0 radical (unpaired) electrons. The van der Waals surface area contributed by atoms with E-state index in [1.807, 2.05) is 42.5 Å².